The van der Waals surface area contributed by atoms with E-state index in [0.29, 0.717) is 5.56 Å². The van der Waals surface area contributed by atoms with Crippen molar-refractivity contribution in [3.05, 3.63) is 59.7 Å². The van der Waals surface area contributed by atoms with Crippen molar-refractivity contribution >= 4 is 27.7 Å². The molecule has 0 unspecified atom stereocenters. The van der Waals surface area contributed by atoms with Crippen molar-refractivity contribution < 1.29 is 26.4 Å². The zero-order valence-electron chi connectivity index (χ0n) is 16.0. The molecule has 0 heterocycles. The third kappa shape index (κ3) is 7.06. The highest BCUT2D eigenvalue weighted by Crippen LogP contribution is 2.38. The summed E-state index contributed by atoms with van der Waals surface area (Å²) in [6.07, 6.45) is 0. The van der Waals surface area contributed by atoms with E-state index in [2.05, 4.69) is 10.0 Å². The Labute approximate surface area is 172 Å². The quantitative estimate of drug-likeness (QED) is 0.649. The molecule has 2 rings (SSSR count). The summed E-state index contributed by atoms with van der Waals surface area (Å²) in [5.74, 6) is -0.728. The van der Waals surface area contributed by atoms with Gasteiger partial charge in [0.2, 0.25) is 10.0 Å². The fourth-order valence-corrected chi connectivity index (χ4v) is 4.83. The molecule has 158 valence electrons. The summed E-state index contributed by atoms with van der Waals surface area (Å²) in [5, 5.41) is 2.50. The van der Waals surface area contributed by atoms with Gasteiger partial charge >= 0.3 is 5.51 Å². The Bertz CT molecular complexity index is 985. The smallest absolute Gasteiger partial charge is 0.348 e. The Morgan fingerprint density at radius 2 is 1.59 bits per heavy atom. The lowest BCUT2D eigenvalue weighted by atomic mass is 10.1. The SMILES string of the molecule is CC(C)(C)NS(=O)(=O)c1ccccc1CNC(=O)c1ccccc1SC(F)(F)F. The molecule has 0 spiro atoms. The number of nitrogens with one attached hydrogen (secondary N) is 2. The minimum atomic E-state index is -4.53. The molecule has 0 aliphatic heterocycles. The average molecular weight is 447 g/mol. The second kappa shape index (κ2) is 8.76. The fraction of sp³-hybridized carbons (Fsp3) is 0.316. The summed E-state index contributed by atoms with van der Waals surface area (Å²) in [6.45, 7) is 4.93. The van der Waals surface area contributed by atoms with E-state index in [-0.39, 0.29) is 33.7 Å². The van der Waals surface area contributed by atoms with Gasteiger partial charge in [-0.05, 0) is 56.3 Å². The number of alkyl halides is 3. The summed E-state index contributed by atoms with van der Waals surface area (Å²) in [7, 11) is -3.85. The minimum Gasteiger partial charge on any atom is -0.348 e. The highest BCUT2D eigenvalue weighted by atomic mass is 32.2. The molecule has 29 heavy (non-hydrogen) atoms. The molecule has 0 bridgehead atoms. The molecule has 0 saturated carbocycles. The van der Waals surface area contributed by atoms with Gasteiger partial charge in [0.15, 0.2) is 0 Å². The first-order valence-corrected chi connectivity index (χ1v) is 10.8. The zero-order chi connectivity index (χ0) is 21.9. The van der Waals surface area contributed by atoms with E-state index in [1.807, 2.05) is 0 Å². The number of hydrogen-bond acceptors (Lipinski definition) is 4. The van der Waals surface area contributed by atoms with Gasteiger partial charge in [-0.25, -0.2) is 13.1 Å². The Morgan fingerprint density at radius 1 is 1.00 bits per heavy atom. The predicted octanol–water partition coefficient (Wildman–Crippen LogP) is 4.31. The molecule has 0 aliphatic rings. The van der Waals surface area contributed by atoms with Crippen LogP contribution < -0.4 is 10.0 Å². The number of halogens is 3. The second-order valence-corrected chi connectivity index (χ2v) is 9.95. The van der Waals surface area contributed by atoms with Crippen LogP contribution in [-0.2, 0) is 16.6 Å². The van der Waals surface area contributed by atoms with Crippen LogP contribution in [0.5, 0.6) is 0 Å². The molecule has 2 aromatic rings. The van der Waals surface area contributed by atoms with Gasteiger partial charge in [-0.15, -0.1) is 0 Å². The number of rotatable bonds is 6. The number of amides is 1. The molecule has 2 aromatic carbocycles. The maximum absolute atomic E-state index is 12.7. The zero-order valence-corrected chi connectivity index (χ0v) is 17.6. The van der Waals surface area contributed by atoms with E-state index < -0.39 is 27.0 Å². The Balaban J connectivity index is 2.23. The van der Waals surface area contributed by atoms with Crippen LogP contribution in [-0.4, -0.2) is 25.4 Å². The van der Waals surface area contributed by atoms with Gasteiger partial charge < -0.3 is 5.32 Å². The summed E-state index contributed by atoms with van der Waals surface area (Å²) in [4.78, 5) is 12.2. The predicted molar refractivity (Wildman–Crippen MR) is 106 cm³/mol. The van der Waals surface area contributed by atoms with E-state index >= 15 is 0 Å². The Kier molecular flexibility index (Phi) is 7.02. The summed E-state index contributed by atoms with van der Waals surface area (Å²) < 4.78 is 66.0. The number of hydrogen-bond donors (Lipinski definition) is 2. The van der Waals surface area contributed by atoms with Gasteiger partial charge in [-0.3, -0.25) is 4.79 Å². The molecule has 2 N–H and O–H groups in total. The van der Waals surface area contributed by atoms with Crippen molar-refractivity contribution in [1.82, 2.24) is 10.0 Å². The number of carbonyl (C=O) groups is 1. The standard InChI is InChI=1S/C19H21F3N2O3S2/c1-18(2,3)24-29(26,27)16-11-7-4-8-13(16)12-23-17(25)14-9-5-6-10-15(14)28-19(20,21)22/h4-11,24H,12H2,1-3H3,(H,23,25). The van der Waals surface area contributed by atoms with Crippen LogP contribution in [0.2, 0.25) is 0 Å². The molecule has 0 radical (unpaired) electrons. The van der Waals surface area contributed by atoms with Crippen molar-refractivity contribution in [2.24, 2.45) is 0 Å². The first-order valence-electron chi connectivity index (χ1n) is 8.53. The monoisotopic (exact) mass is 446 g/mol. The van der Waals surface area contributed by atoms with E-state index in [9.17, 15) is 26.4 Å². The molecular weight excluding hydrogens is 425 g/mol. The van der Waals surface area contributed by atoms with Crippen molar-refractivity contribution in [2.45, 2.75) is 48.2 Å². The van der Waals surface area contributed by atoms with Crippen molar-refractivity contribution in [1.29, 1.82) is 0 Å². The second-order valence-electron chi connectivity index (χ2n) is 7.19. The molecule has 0 saturated heterocycles. The highest BCUT2D eigenvalue weighted by Gasteiger charge is 2.31. The molecule has 0 fully saturated rings. The van der Waals surface area contributed by atoms with Crippen LogP contribution in [0.15, 0.2) is 58.3 Å². The third-order valence-electron chi connectivity index (χ3n) is 3.50. The molecule has 0 aromatic heterocycles. The number of sulfonamides is 1. The van der Waals surface area contributed by atoms with Crippen LogP contribution in [0, 0.1) is 0 Å². The van der Waals surface area contributed by atoms with Crippen molar-refractivity contribution in [3.8, 4) is 0 Å². The highest BCUT2D eigenvalue weighted by molar-refractivity contribution is 8.00. The van der Waals surface area contributed by atoms with Gasteiger partial charge in [0.1, 0.15) is 0 Å². The normalized spacial score (nSPS) is 12.6. The molecule has 0 atom stereocenters. The third-order valence-corrected chi connectivity index (χ3v) is 6.17. The van der Waals surface area contributed by atoms with E-state index in [1.54, 1.807) is 32.9 Å². The maximum Gasteiger partial charge on any atom is 0.446 e. The first-order chi connectivity index (χ1) is 13.3. The van der Waals surface area contributed by atoms with Crippen LogP contribution in [0.1, 0.15) is 36.7 Å². The minimum absolute atomic E-state index is 0.00632. The van der Waals surface area contributed by atoms with Gasteiger partial charge in [0, 0.05) is 17.0 Å². The molecule has 0 aliphatic carbocycles. The lowest BCUT2D eigenvalue weighted by Gasteiger charge is -2.21. The lowest BCUT2D eigenvalue weighted by Crippen LogP contribution is -2.41. The topological polar surface area (TPSA) is 75.3 Å². The van der Waals surface area contributed by atoms with Gasteiger partial charge in [0.05, 0.1) is 10.5 Å². The molecule has 5 nitrogen and oxygen atoms in total. The number of carbonyl (C=O) groups excluding carboxylic acids is 1. The molecule has 1 amide bonds. The molecule has 10 heteroatoms. The van der Waals surface area contributed by atoms with Gasteiger partial charge in [-0.1, -0.05) is 30.3 Å². The first kappa shape index (κ1) is 23.2. The fourth-order valence-electron chi connectivity index (χ4n) is 2.51. The lowest BCUT2D eigenvalue weighted by molar-refractivity contribution is -0.0328. The molecular formula is C19H21F3N2O3S2. The largest absolute Gasteiger partial charge is 0.446 e. The van der Waals surface area contributed by atoms with Crippen LogP contribution in [0.3, 0.4) is 0 Å². The van der Waals surface area contributed by atoms with E-state index in [0.717, 1.165) is 0 Å². The number of thioether (sulfide) groups is 1. The maximum atomic E-state index is 12.7. The number of benzene rings is 2. The van der Waals surface area contributed by atoms with E-state index in [1.165, 1.54) is 36.4 Å². The summed E-state index contributed by atoms with van der Waals surface area (Å²) in [5.41, 5.74) is -5.06. The summed E-state index contributed by atoms with van der Waals surface area (Å²) in [6, 6.07) is 11.5. The Morgan fingerprint density at radius 3 is 2.21 bits per heavy atom. The Hall–Kier alpha value is -2.04. The van der Waals surface area contributed by atoms with Crippen LogP contribution in [0.25, 0.3) is 0 Å². The average Bonchev–Trinajstić information content (AvgIpc) is 2.57. The van der Waals surface area contributed by atoms with Crippen molar-refractivity contribution in [3.63, 3.8) is 0 Å². The van der Waals surface area contributed by atoms with Crippen LogP contribution in [0.4, 0.5) is 13.2 Å². The van der Waals surface area contributed by atoms with E-state index in [4.69, 9.17) is 0 Å². The van der Waals surface area contributed by atoms with Crippen molar-refractivity contribution in [2.75, 3.05) is 0 Å². The van der Waals surface area contributed by atoms with Gasteiger partial charge in [-0.2, -0.15) is 13.2 Å². The summed E-state index contributed by atoms with van der Waals surface area (Å²) >= 11 is -0.376. The van der Waals surface area contributed by atoms with Crippen LogP contribution >= 0.6 is 11.8 Å². The van der Waals surface area contributed by atoms with Gasteiger partial charge in [0.25, 0.3) is 5.91 Å².